The predicted molar refractivity (Wildman–Crippen MR) is 105 cm³/mol. The first-order valence-corrected chi connectivity index (χ1v) is 8.54. The minimum absolute atomic E-state index is 0.403. The van der Waals surface area contributed by atoms with E-state index in [0.29, 0.717) is 23.2 Å². The second-order valence-electron chi connectivity index (χ2n) is 6.40. The summed E-state index contributed by atoms with van der Waals surface area (Å²) in [5.74, 6) is 1.65. The molecule has 1 aromatic heterocycles. The third kappa shape index (κ3) is 4.17. The zero-order valence-electron chi connectivity index (χ0n) is 15.1. The Morgan fingerprint density at radius 3 is 2.38 bits per heavy atom. The standard InChI is InChI=1S/C21H21N5/c1-14(2)18-6-4-5-7-19(18)25-21-23-15(3)12-20(26-21)24-17-10-8-16(13-22)9-11-17/h4-12,14H,1-3H3,(H2,23,24,25,26). The summed E-state index contributed by atoms with van der Waals surface area (Å²) in [5, 5.41) is 15.5. The molecule has 5 heteroatoms. The van der Waals surface area contributed by atoms with Crippen LogP contribution in [0.4, 0.5) is 23.1 Å². The van der Waals surface area contributed by atoms with Crippen LogP contribution in [0.5, 0.6) is 0 Å². The number of nitriles is 1. The highest BCUT2D eigenvalue weighted by Gasteiger charge is 2.09. The molecule has 0 aliphatic rings. The molecule has 0 amide bonds. The van der Waals surface area contributed by atoms with Crippen molar-refractivity contribution in [2.45, 2.75) is 26.7 Å². The zero-order chi connectivity index (χ0) is 18.5. The monoisotopic (exact) mass is 343 g/mol. The van der Waals surface area contributed by atoms with E-state index in [1.54, 1.807) is 12.1 Å². The molecule has 0 spiro atoms. The van der Waals surface area contributed by atoms with E-state index >= 15 is 0 Å². The highest BCUT2D eigenvalue weighted by atomic mass is 15.1. The molecule has 0 bridgehead atoms. The molecule has 0 fully saturated rings. The number of hydrogen-bond donors (Lipinski definition) is 2. The molecule has 130 valence electrons. The third-order valence-electron chi connectivity index (χ3n) is 3.97. The Kier molecular flexibility index (Phi) is 5.14. The Hall–Kier alpha value is -3.39. The second kappa shape index (κ2) is 7.66. The highest BCUT2D eigenvalue weighted by Crippen LogP contribution is 2.26. The lowest BCUT2D eigenvalue weighted by atomic mass is 10.0. The van der Waals surface area contributed by atoms with Gasteiger partial charge in [0.2, 0.25) is 5.95 Å². The Balaban J connectivity index is 1.85. The van der Waals surface area contributed by atoms with Crippen molar-refractivity contribution in [3.05, 3.63) is 71.4 Å². The van der Waals surface area contributed by atoms with E-state index in [1.165, 1.54) is 5.56 Å². The van der Waals surface area contributed by atoms with Crippen LogP contribution in [0.15, 0.2) is 54.6 Å². The highest BCUT2D eigenvalue weighted by molar-refractivity contribution is 5.63. The van der Waals surface area contributed by atoms with Gasteiger partial charge >= 0.3 is 0 Å². The van der Waals surface area contributed by atoms with Crippen molar-refractivity contribution < 1.29 is 0 Å². The number of hydrogen-bond acceptors (Lipinski definition) is 5. The Labute approximate surface area is 153 Å². The number of aromatic nitrogens is 2. The fourth-order valence-corrected chi connectivity index (χ4v) is 2.70. The molecular formula is C21H21N5. The van der Waals surface area contributed by atoms with E-state index < -0.39 is 0 Å². The number of benzene rings is 2. The van der Waals surface area contributed by atoms with Gasteiger partial charge in [-0.2, -0.15) is 10.2 Å². The van der Waals surface area contributed by atoms with E-state index in [2.05, 4.69) is 46.6 Å². The number of aryl methyl sites for hydroxylation is 1. The topological polar surface area (TPSA) is 73.6 Å². The Morgan fingerprint density at radius 1 is 0.962 bits per heavy atom. The van der Waals surface area contributed by atoms with Crippen molar-refractivity contribution in [3.63, 3.8) is 0 Å². The third-order valence-corrected chi connectivity index (χ3v) is 3.97. The SMILES string of the molecule is Cc1cc(Nc2ccc(C#N)cc2)nc(Nc2ccccc2C(C)C)n1. The van der Waals surface area contributed by atoms with Gasteiger partial charge in [0.05, 0.1) is 11.6 Å². The van der Waals surface area contributed by atoms with Gasteiger partial charge in [-0.25, -0.2) is 4.98 Å². The number of nitrogens with zero attached hydrogens (tertiary/aromatic N) is 3. The fourth-order valence-electron chi connectivity index (χ4n) is 2.70. The summed E-state index contributed by atoms with van der Waals surface area (Å²) in [6.45, 7) is 6.26. The van der Waals surface area contributed by atoms with Crippen LogP contribution in [0.1, 0.15) is 36.6 Å². The van der Waals surface area contributed by atoms with E-state index in [1.807, 2.05) is 43.3 Å². The Morgan fingerprint density at radius 2 is 1.69 bits per heavy atom. The molecule has 3 rings (SSSR count). The van der Waals surface area contributed by atoms with Gasteiger partial charge in [-0.3, -0.25) is 0 Å². The van der Waals surface area contributed by atoms with Gasteiger partial charge in [0.1, 0.15) is 5.82 Å². The molecule has 0 aliphatic carbocycles. The van der Waals surface area contributed by atoms with Crippen LogP contribution in [-0.4, -0.2) is 9.97 Å². The summed E-state index contributed by atoms with van der Waals surface area (Å²) in [6.07, 6.45) is 0. The minimum Gasteiger partial charge on any atom is -0.340 e. The first-order valence-electron chi connectivity index (χ1n) is 8.54. The van der Waals surface area contributed by atoms with Gasteiger partial charge in [-0.15, -0.1) is 0 Å². The minimum atomic E-state index is 0.403. The first-order chi connectivity index (χ1) is 12.5. The van der Waals surface area contributed by atoms with Crippen LogP contribution in [0.2, 0.25) is 0 Å². The van der Waals surface area contributed by atoms with Gasteiger partial charge in [-0.1, -0.05) is 32.0 Å². The van der Waals surface area contributed by atoms with E-state index in [-0.39, 0.29) is 0 Å². The van der Waals surface area contributed by atoms with Gasteiger partial charge in [0.15, 0.2) is 0 Å². The average Bonchev–Trinajstić information content (AvgIpc) is 2.62. The van der Waals surface area contributed by atoms with Gasteiger partial charge in [-0.05, 0) is 48.7 Å². The molecule has 26 heavy (non-hydrogen) atoms. The first kappa shape index (κ1) is 17.4. The van der Waals surface area contributed by atoms with Crippen molar-refractivity contribution >= 4 is 23.1 Å². The lowest BCUT2D eigenvalue weighted by Gasteiger charge is -2.14. The molecule has 5 nitrogen and oxygen atoms in total. The number of anilines is 4. The molecule has 0 saturated heterocycles. The van der Waals surface area contributed by atoms with Crippen molar-refractivity contribution in [3.8, 4) is 6.07 Å². The fraction of sp³-hybridized carbons (Fsp3) is 0.190. The largest absolute Gasteiger partial charge is 0.340 e. The maximum Gasteiger partial charge on any atom is 0.229 e. The predicted octanol–water partition coefficient (Wildman–Crippen LogP) is 5.27. The molecule has 0 aliphatic heterocycles. The summed E-state index contributed by atoms with van der Waals surface area (Å²) in [7, 11) is 0. The van der Waals surface area contributed by atoms with E-state index in [9.17, 15) is 0 Å². The molecule has 1 heterocycles. The summed E-state index contributed by atoms with van der Waals surface area (Å²) >= 11 is 0. The van der Waals surface area contributed by atoms with E-state index in [0.717, 1.165) is 17.1 Å². The van der Waals surface area contributed by atoms with Crippen molar-refractivity contribution in [1.29, 1.82) is 5.26 Å². The molecule has 2 aromatic carbocycles. The van der Waals surface area contributed by atoms with Gasteiger partial charge < -0.3 is 10.6 Å². The average molecular weight is 343 g/mol. The van der Waals surface area contributed by atoms with Crippen LogP contribution in [-0.2, 0) is 0 Å². The van der Waals surface area contributed by atoms with Crippen LogP contribution in [0, 0.1) is 18.3 Å². The summed E-state index contributed by atoms with van der Waals surface area (Å²) in [5.41, 5.74) is 4.59. The molecule has 0 radical (unpaired) electrons. The number of rotatable bonds is 5. The van der Waals surface area contributed by atoms with Gasteiger partial charge in [0.25, 0.3) is 0 Å². The summed E-state index contributed by atoms with van der Waals surface area (Å²) < 4.78 is 0. The molecule has 2 N–H and O–H groups in total. The number of para-hydroxylation sites is 1. The van der Waals surface area contributed by atoms with E-state index in [4.69, 9.17) is 5.26 Å². The van der Waals surface area contributed by atoms with Crippen molar-refractivity contribution in [1.82, 2.24) is 9.97 Å². The maximum atomic E-state index is 8.89. The van der Waals surface area contributed by atoms with Crippen molar-refractivity contribution in [2.75, 3.05) is 10.6 Å². The maximum absolute atomic E-state index is 8.89. The number of nitrogens with one attached hydrogen (secondary N) is 2. The lowest BCUT2D eigenvalue weighted by molar-refractivity contribution is 0.868. The molecule has 0 atom stereocenters. The van der Waals surface area contributed by atoms with Crippen LogP contribution < -0.4 is 10.6 Å². The molecule has 3 aromatic rings. The zero-order valence-corrected chi connectivity index (χ0v) is 15.1. The second-order valence-corrected chi connectivity index (χ2v) is 6.40. The molecule has 0 unspecified atom stereocenters. The van der Waals surface area contributed by atoms with Crippen LogP contribution in [0.3, 0.4) is 0 Å². The van der Waals surface area contributed by atoms with Gasteiger partial charge in [0, 0.05) is 23.1 Å². The van der Waals surface area contributed by atoms with Crippen molar-refractivity contribution in [2.24, 2.45) is 0 Å². The Bertz CT molecular complexity index is 939. The summed E-state index contributed by atoms with van der Waals surface area (Å²) in [4.78, 5) is 9.06. The normalized spacial score (nSPS) is 10.4. The lowest BCUT2D eigenvalue weighted by Crippen LogP contribution is -2.04. The summed E-state index contributed by atoms with van der Waals surface area (Å²) in [6, 6.07) is 19.4. The molecule has 0 saturated carbocycles. The van der Waals surface area contributed by atoms with Crippen LogP contribution >= 0.6 is 0 Å². The smallest absolute Gasteiger partial charge is 0.229 e. The van der Waals surface area contributed by atoms with Crippen LogP contribution in [0.25, 0.3) is 0 Å². The molecular weight excluding hydrogens is 322 g/mol. The quantitative estimate of drug-likeness (QED) is 0.660.